The molecule has 1 aromatic heterocycles. The van der Waals surface area contributed by atoms with Crippen LogP contribution in [-0.4, -0.2) is 28.9 Å². The summed E-state index contributed by atoms with van der Waals surface area (Å²) in [5.74, 6) is -0.855. The molecule has 0 aliphatic heterocycles. The lowest BCUT2D eigenvalue weighted by Crippen LogP contribution is -2.40. The number of rotatable bonds is 6. The lowest BCUT2D eigenvalue weighted by molar-refractivity contribution is -0.149. The first-order valence-electron chi connectivity index (χ1n) is 10.2. The molecule has 1 fully saturated rings. The van der Waals surface area contributed by atoms with Crippen molar-refractivity contribution in [3.63, 3.8) is 0 Å². The van der Waals surface area contributed by atoms with Crippen molar-refractivity contribution in [1.29, 1.82) is 5.26 Å². The zero-order valence-corrected chi connectivity index (χ0v) is 18.9. The highest BCUT2D eigenvalue weighted by molar-refractivity contribution is 6.88. The second-order valence-electron chi connectivity index (χ2n) is 8.92. The molecule has 0 atom stereocenters. The molecule has 0 saturated heterocycles. The number of nitrogens with zero attached hydrogens (tertiary/aromatic N) is 3. The molecular formula is C23H29N3O2Si. The molecule has 5 nitrogen and oxygen atoms in total. The van der Waals surface area contributed by atoms with Crippen molar-refractivity contribution in [2.75, 3.05) is 0 Å². The Kier molecular flexibility index (Phi) is 5.55. The molecule has 0 radical (unpaired) electrons. The SMILES string of the molecule is CCn1nc(C)cc1/C(=C(\C#N)c1ccc([Si](C)(C)C)cc1)C1(C(=O)O)CCC1. The van der Waals surface area contributed by atoms with Gasteiger partial charge < -0.3 is 5.11 Å². The van der Waals surface area contributed by atoms with Gasteiger partial charge in [-0.1, -0.05) is 55.5 Å². The van der Waals surface area contributed by atoms with Gasteiger partial charge >= 0.3 is 5.97 Å². The third kappa shape index (κ3) is 3.67. The van der Waals surface area contributed by atoms with Gasteiger partial charge in [-0.15, -0.1) is 0 Å². The van der Waals surface area contributed by atoms with Crippen LogP contribution >= 0.6 is 0 Å². The molecule has 1 aliphatic rings. The summed E-state index contributed by atoms with van der Waals surface area (Å²) in [5.41, 5.74) is 2.38. The zero-order valence-electron chi connectivity index (χ0n) is 17.9. The molecule has 1 aliphatic carbocycles. The van der Waals surface area contributed by atoms with Gasteiger partial charge in [0.1, 0.15) is 6.07 Å². The molecule has 1 saturated carbocycles. The van der Waals surface area contributed by atoms with Crippen molar-refractivity contribution in [2.45, 2.75) is 59.3 Å². The average Bonchev–Trinajstić information content (AvgIpc) is 3.00. The third-order valence-electron chi connectivity index (χ3n) is 5.95. The topological polar surface area (TPSA) is 78.9 Å². The van der Waals surface area contributed by atoms with E-state index < -0.39 is 19.5 Å². The smallest absolute Gasteiger partial charge is 0.314 e. The van der Waals surface area contributed by atoms with Crippen LogP contribution in [0.1, 0.15) is 43.1 Å². The highest BCUT2D eigenvalue weighted by Crippen LogP contribution is 2.53. The fourth-order valence-electron chi connectivity index (χ4n) is 4.10. The standard InChI is InChI=1S/C23H29N3O2Si/c1-6-26-20(14-16(2)25-26)21(23(22(27)28)12-7-13-23)19(15-24)17-8-10-18(11-9-17)29(3,4)5/h8-11,14H,6-7,12-13H2,1-5H3,(H,27,28)/b21-19-. The summed E-state index contributed by atoms with van der Waals surface area (Å²) in [6, 6.07) is 12.4. The third-order valence-corrected chi connectivity index (χ3v) is 8.02. The number of carboxylic acids is 1. The maximum absolute atomic E-state index is 12.4. The van der Waals surface area contributed by atoms with E-state index in [1.54, 1.807) is 0 Å². The molecule has 29 heavy (non-hydrogen) atoms. The Morgan fingerprint density at radius 3 is 2.31 bits per heavy atom. The van der Waals surface area contributed by atoms with E-state index in [1.807, 2.05) is 36.7 Å². The number of aliphatic carboxylic acids is 1. The van der Waals surface area contributed by atoms with Crippen LogP contribution in [0.15, 0.2) is 30.3 Å². The number of hydrogen-bond acceptors (Lipinski definition) is 3. The minimum Gasteiger partial charge on any atom is -0.481 e. The molecule has 0 amide bonds. The molecule has 1 heterocycles. The molecule has 2 aromatic rings. The molecule has 0 unspecified atom stereocenters. The molecule has 0 spiro atoms. The quantitative estimate of drug-likeness (QED) is 0.567. The predicted molar refractivity (Wildman–Crippen MR) is 118 cm³/mol. The predicted octanol–water partition coefficient (Wildman–Crippen LogP) is 4.45. The summed E-state index contributed by atoms with van der Waals surface area (Å²) in [6.07, 6.45) is 1.94. The maximum Gasteiger partial charge on any atom is 0.314 e. The molecule has 1 aromatic carbocycles. The van der Waals surface area contributed by atoms with Crippen LogP contribution in [0.5, 0.6) is 0 Å². The molecule has 0 bridgehead atoms. The Balaban J connectivity index is 2.29. The summed E-state index contributed by atoms with van der Waals surface area (Å²) in [7, 11) is -1.46. The van der Waals surface area contributed by atoms with Crippen LogP contribution in [0, 0.1) is 23.7 Å². The number of nitriles is 1. The van der Waals surface area contributed by atoms with Crippen LogP contribution in [0.3, 0.4) is 0 Å². The van der Waals surface area contributed by atoms with Crippen LogP contribution in [-0.2, 0) is 11.3 Å². The van der Waals surface area contributed by atoms with Crippen LogP contribution in [0.4, 0.5) is 0 Å². The van der Waals surface area contributed by atoms with Gasteiger partial charge in [-0.25, -0.2) is 0 Å². The summed E-state index contributed by atoms with van der Waals surface area (Å²) < 4.78 is 1.82. The zero-order chi connectivity index (χ0) is 21.4. The first kappa shape index (κ1) is 21.1. The van der Waals surface area contributed by atoms with Crippen molar-refractivity contribution < 1.29 is 9.90 Å². The number of benzene rings is 1. The van der Waals surface area contributed by atoms with Gasteiger partial charge in [0.15, 0.2) is 0 Å². The Morgan fingerprint density at radius 2 is 1.90 bits per heavy atom. The van der Waals surface area contributed by atoms with Crippen LogP contribution in [0.2, 0.25) is 19.6 Å². The highest BCUT2D eigenvalue weighted by Gasteiger charge is 2.50. The van der Waals surface area contributed by atoms with E-state index in [0.29, 0.717) is 30.5 Å². The van der Waals surface area contributed by atoms with E-state index in [2.05, 4.69) is 42.9 Å². The van der Waals surface area contributed by atoms with Crippen molar-refractivity contribution in [3.05, 3.63) is 47.3 Å². The summed E-state index contributed by atoms with van der Waals surface area (Å²) in [6.45, 7) is 11.4. The van der Waals surface area contributed by atoms with Crippen molar-refractivity contribution >= 4 is 30.4 Å². The molecule has 1 N–H and O–H groups in total. The van der Waals surface area contributed by atoms with Gasteiger partial charge in [0, 0.05) is 12.1 Å². The highest BCUT2D eigenvalue weighted by atomic mass is 28.3. The van der Waals surface area contributed by atoms with Gasteiger partial charge in [-0.3, -0.25) is 9.48 Å². The largest absolute Gasteiger partial charge is 0.481 e. The van der Waals surface area contributed by atoms with E-state index in [1.165, 1.54) is 5.19 Å². The van der Waals surface area contributed by atoms with Crippen LogP contribution < -0.4 is 5.19 Å². The molecule has 3 rings (SSSR count). The summed E-state index contributed by atoms with van der Waals surface area (Å²) >= 11 is 0. The lowest BCUT2D eigenvalue weighted by atomic mass is 9.61. The fourth-order valence-corrected chi connectivity index (χ4v) is 5.27. The number of carboxylic acid groups (broad SMARTS) is 1. The summed E-state index contributed by atoms with van der Waals surface area (Å²) in [4.78, 5) is 12.4. The molecule has 6 heteroatoms. The van der Waals surface area contributed by atoms with Crippen LogP contribution in [0.25, 0.3) is 11.1 Å². The Morgan fingerprint density at radius 1 is 1.28 bits per heavy atom. The Hall–Kier alpha value is -2.65. The first-order chi connectivity index (χ1) is 13.6. The second kappa shape index (κ2) is 7.64. The van der Waals surface area contributed by atoms with Gasteiger partial charge in [0.25, 0.3) is 0 Å². The number of hydrogen-bond donors (Lipinski definition) is 1. The molecular weight excluding hydrogens is 378 g/mol. The minimum absolute atomic E-state index is 0.448. The minimum atomic E-state index is -1.46. The van der Waals surface area contributed by atoms with Gasteiger partial charge in [-0.05, 0) is 38.3 Å². The van der Waals surface area contributed by atoms with Crippen molar-refractivity contribution in [3.8, 4) is 6.07 Å². The normalized spacial score (nSPS) is 16.6. The summed E-state index contributed by atoms with van der Waals surface area (Å²) in [5, 5.41) is 26.1. The maximum atomic E-state index is 12.4. The van der Waals surface area contributed by atoms with E-state index in [4.69, 9.17) is 0 Å². The van der Waals surface area contributed by atoms with Gasteiger partial charge in [-0.2, -0.15) is 10.4 Å². The number of allylic oxidation sites excluding steroid dienone is 1. The van der Waals surface area contributed by atoms with Crippen molar-refractivity contribution in [2.24, 2.45) is 5.41 Å². The monoisotopic (exact) mass is 407 g/mol. The van der Waals surface area contributed by atoms with E-state index >= 15 is 0 Å². The number of aromatic nitrogens is 2. The van der Waals surface area contributed by atoms with E-state index in [0.717, 1.165) is 23.4 Å². The Bertz CT molecular complexity index is 1000. The van der Waals surface area contributed by atoms with Gasteiger partial charge in [0.2, 0.25) is 0 Å². The van der Waals surface area contributed by atoms with E-state index in [9.17, 15) is 15.2 Å². The van der Waals surface area contributed by atoms with E-state index in [-0.39, 0.29) is 0 Å². The number of carbonyl (C=O) groups is 1. The molecule has 152 valence electrons. The lowest BCUT2D eigenvalue weighted by Gasteiger charge is -2.40. The first-order valence-corrected chi connectivity index (χ1v) is 13.7. The number of aryl methyl sites for hydroxylation is 2. The Labute approximate surface area is 173 Å². The van der Waals surface area contributed by atoms with Crippen molar-refractivity contribution in [1.82, 2.24) is 9.78 Å². The average molecular weight is 408 g/mol. The fraction of sp³-hybridized carbons (Fsp3) is 0.435. The second-order valence-corrected chi connectivity index (χ2v) is 14.0. The van der Waals surface area contributed by atoms with Gasteiger partial charge in [0.05, 0.1) is 30.4 Å².